The van der Waals surface area contributed by atoms with Crippen molar-refractivity contribution in [1.29, 1.82) is 0 Å². The number of aliphatic carboxylic acids is 1. The van der Waals surface area contributed by atoms with Gasteiger partial charge >= 0.3 is 18.0 Å². The first kappa shape index (κ1) is 34.4. The number of imidazole rings is 1. The van der Waals surface area contributed by atoms with Crippen molar-refractivity contribution in [3.63, 3.8) is 0 Å². The number of hydrogen-bond donors (Lipinski definition) is 6. The summed E-state index contributed by atoms with van der Waals surface area (Å²) in [7, 11) is 0. The third kappa shape index (κ3) is 8.22. The van der Waals surface area contributed by atoms with Gasteiger partial charge in [0.25, 0.3) is 0 Å². The van der Waals surface area contributed by atoms with Crippen molar-refractivity contribution < 1.29 is 53.8 Å². The van der Waals surface area contributed by atoms with Crippen molar-refractivity contribution in [3.05, 3.63) is 12.7 Å². The number of carbonyl (C=O) groups is 3. The highest BCUT2D eigenvalue weighted by atomic mass is 16.7. The van der Waals surface area contributed by atoms with Crippen molar-refractivity contribution >= 4 is 35.0 Å². The lowest BCUT2D eigenvalue weighted by Crippen LogP contribution is -2.50. The van der Waals surface area contributed by atoms with Crippen LogP contribution < -0.4 is 10.6 Å². The van der Waals surface area contributed by atoms with Crippen LogP contribution in [-0.2, 0) is 28.5 Å². The molecule has 250 valence electrons. The number of urea groups is 1. The maximum absolute atomic E-state index is 12.8. The molecule has 0 radical (unpaired) electrons. The number of ether oxygens (including phenoxy) is 4. The number of aliphatic hydroxyl groups is 3. The van der Waals surface area contributed by atoms with Crippen LogP contribution >= 0.6 is 0 Å². The maximum Gasteiger partial charge on any atom is 0.330 e. The zero-order chi connectivity index (χ0) is 33.0. The van der Waals surface area contributed by atoms with Crippen LogP contribution in [0.5, 0.6) is 0 Å². The van der Waals surface area contributed by atoms with Gasteiger partial charge in [0, 0.05) is 12.8 Å². The summed E-state index contributed by atoms with van der Waals surface area (Å²) < 4.78 is 23.8. The standard InChI is InChI=1S/C28H42N6O11/c1-12-9-42-25(22(38)14(12)3)34-11-31-21-23(29-10-30-24(21)34)33-28(41)32-20(26(39)40)16(5)44-19(37)7-6-13(2)43-27-18(36)8-17(35)15(4)45-27/h10-18,20,22,25,27,35-36,38H,6-9H2,1-5H3,(H,39,40)(H2,29,30,32,33,41)/t12?,13-,14?,15?,16-,17-,18+,20+,22?,25?,27?/m1/s1. The Balaban J connectivity index is 1.31. The number of carboxylic acids is 1. The molecule has 4 rings (SSSR count). The molecule has 4 heterocycles. The van der Waals surface area contributed by atoms with E-state index in [9.17, 15) is 34.8 Å². The Labute approximate surface area is 259 Å². The number of anilines is 1. The molecule has 0 aromatic carbocycles. The van der Waals surface area contributed by atoms with E-state index in [1.165, 1.54) is 19.6 Å². The Kier molecular flexibility index (Phi) is 11.3. The third-order valence-corrected chi connectivity index (χ3v) is 8.27. The Bertz CT molecular complexity index is 1340. The zero-order valence-electron chi connectivity index (χ0n) is 25.8. The predicted molar refractivity (Wildman–Crippen MR) is 155 cm³/mol. The van der Waals surface area contributed by atoms with E-state index in [0.717, 1.165) is 0 Å². The number of nitrogens with zero attached hydrogens (tertiary/aromatic N) is 4. The predicted octanol–water partition coefficient (Wildman–Crippen LogP) is 0.537. The topological polar surface area (TPSA) is 237 Å². The quantitative estimate of drug-likeness (QED) is 0.184. The van der Waals surface area contributed by atoms with Gasteiger partial charge in [-0.15, -0.1) is 0 Å². The number of aliphatic hydroxyl groups excluding tert-OH is 3. The molecular formula is C28H42N6O11. The second-order valence-corrected chi connectivity index (χ2v) is 11.8. The van der Waals surface area contributed by atoms with Gasteiger partial charge in [-0.25, -0.2) is 24.5 Å². The summed E-state index contributed by atoms with van der Waals surface area (Å²) in [6.07, 6.45) is -3.92. The molecule has 2 amide bonds. The average Bonchev–Trinajstić information content (AvgIpc) is 3.41. The second kappa shape index (κ2) is 14.7. The number of carbonyl (C=O) groups excluding carboxylic acids is 2. The number of fused-ring (bicyclic) bond motifs is 1. The van der Waals surface area contributed by atoms with Crippen LogP contribution in [0.2, 0.25) is 0 Å². The van der Waals surface area contributed by atoms with E-state index in [4.69, 9.17) is 18.9 Å². The minimum Gasteiger partial charge on any atom is -0.480 e. The Morgan fingerprint density at radius 3 is 2.56 bits per heavy atom. The molecule has 0 aliphatic carbocycles. The minimum absolute atomic E-state index is 0.0123. The van der Waals surface area contributed by atoms with Crippen LogP contribution in [0.1, 0.15) is 60.1 Å². The van der Waals surface area contributed by atoms with Gasteiger partial charge in [0.15, 0.2) is 35.5 Å². The third-order valence-electron chi connectivity index (χ3n) is 8.27. The lowest BCUT2D eigenvalue weighted by atomic mass is 9.88. The average molecular weight is 639 g/mol. The fourth-order valence-corrected chi connectivity index (χ4v) is 5.15. The number of carboxylic acid groups (broad SMARTS) is 1. The monoisotopic (exact) mass is 638 g/mol. The summed E-state index contributed by atoms with van der Waals surface area (Å²) in [4.78, 5) is 49.8. The van der Waals surface area contributed by atoms with Crippen LogP contribution in [0.4, 0.5) is 10.6 Å². The summed E-state index contributed by atoms with van der Waals surface area (Å²) in [5, 5.41) is 45.1. The van der Waals surface area contributed by atoms with Gasteiger partial charge in [0.05, 0.1) is 31.2 Å². The molecule has 2 aliphatic heterocycles. The Morgan fingerprint density at radius 1 is 1.11 bits per heavy atom. The lowest BCUT2D eigenvalue weighted by molar-refractivity contribution is -0.273. The van der Waals surface area contributed by atoms with Gasteiger partial charge in [-0.2, -0.15) is 0 Å². The number of nitrogens with one attached hydrogen (secondary N) is 2. The first-order valence-corrected chi connectivity index (χ1v) is 14.9. The van der Waals surface area contributed by atoms with Gasteiger partial charge in [-0.1, -0.05) is 13.8 Å². The summed E-state index contributed by atoms with van der Waals surface area (Å²) in [6.45, 7) is 9.00. The van der Waals surface area contributed by atoms with E-state index in [1.807, 2.05) is 13.8 Å². The molecule has 2 saturated heterocycles. The Morgan fingerprint density at radius 2 is 1.84 bits per heavy atom. The molecular weight excluding hydrogens is 596 g/mol. The van der Waals surface area contributed by atoms with Crippen molar-refractivity contribution in [1.82, 2.24) is 24.8 Å². The van der Waals surface area contributed by atoms with Crippen molar-refractivity contribution in [2.75, 3.05) is 11.9 Å². The lowest BCUT2D eigenvalue weighted by Gasteiger charge is -2.37. The summed E-state index contributed by atoms with van der Waals surface area (Å²) >= 11 is 0. The first-order valence-electron chi connectivity index (χ1n) is 14.9. The zero-order valence-corrected chi connectivity index (χ0v) is 25.8. The molecule has 2 aromatic rings. The highest BCUT2D eigenvalue weighted by molar-refractivity contribution is 5.97. The van der Waals surface area contributed by atoms with Crippen LogP contribution in [0.15, 0.2) is 12.7 Å². The molecule has 2 aliphatic rings. The molecule has 2 aromatic heterocycles. The van der Waals surface area contributed by atoms with Gasteiger partial charge in [0.1, 0.15) is 24.6 Å². The van der Waals surface area contributed by atoms with Crippen LogP contribution in [0.3, 0.4) is 0 Å². The van der Waals surface area contributed by atoms with E-state index in [2.05, 4.69) is 25.6 Å². The molecule has 2 fully saturated rings. The van der Waals surface area contributed by atoms with E-state index in [1.54, 1.807) is 18.4 Å². The van der Waals surface area contributed by atoms with Gasteiger partial charge in [0.2, 0.25) is 0 Å². The SMILES string of the molecule is CC1COC(n2cnc3c(NC(=O)N[C@H](C(=O)O)[C@@H](C)OC(=O)CC[C@@H](C)OC4OC(C)[C@H](O)C[C@@H]4O)ncnc32)C(O)C1C. The minimum atomic E-state index is -1.61. The number of amides is 2. The van der Waals surface area contributed by atoms with Crippen molar-refractivity contribution in [3.8, 4) is 0 Å². The highest BCUT2D eigenvalue weighted by Gasteiger charge is 2.38. The summed E-state index contributed by atoms with van der Waals surface area (Å²) in [6, 6.07) is -2.55. The normalized spacial score (nSPS) is 30.7. The number of hydrogen-bond acceptors (Lipinski definition) is 13. The van der Waals surface area contributed by atoms with E-state index >= 15 is 0 Å². The summed E-state index contributed by atoms with van der Waals surface area (Å²) in [5.74, 6) is -2.07. The molecule has 17 nitrogen and oxygen atoms in total. The fourth-order valence-electron chi connectivity index (χ4n) is 5.15. The van der Waals surface area contributed by atoms with Gasteiger partial charge < -0.3 is 44.7 Å². The number of rotatable bonds is 11. The van der Waals surface area contributed by atoms with Gasteiger partial charge in [-0.3, -0.25) is 14.7 Å². The van der Waals surface area contributed by atoms with Crippen LogP contribution in [-0.4, -0.2) is 113 Å². The molecule has 6 unspecified atom stereocenters. The fraction of sp³-hybridized carbons (Fsp3) is 0.714. The maximum atomic E-state index is 12.8. The van der Waals surface area contributed by atoms with E-state index in [-0.39, 0.29) is 48.1 Å². The molecule has 0 spiro atoms. The van der Waals surface area contributed by atoms with E-state index < -0.39 is 73.2 Å². The van der Waals surface area contributed by atoms with Crippen molar-refractivity contribution in [2.45, 2.75) is 109 Å². The van der Waals surface area contributed by atoms with Crippen LogP contribution in [0, 0.1) is 11.8 Å². The first-order chi connectivity index (χ1) is 21.3. The Hall–Kier alpha value is -3.48. The molecule has 45 heavy (non-hydrogen) atoms. The molecule has 0 bridgehead atoms. The van der Waals surface area contributed by atoms with Gasteiger partial charge in [-0.05, 0) is 39.0 Å². The van der Waals surface area contributed by atoms with E-state index in [0.29, 0.717) is 6.61 Å². The van der Waals surface area contributed by atoms with Crippen LogP contribution in [0.25, 0.3) is 11.2 Å². The largest absolute Gasteiger partial charge is 0.480 e. The molecule has 11 atom stereocenters. The molecule has 6 N–H and O–H groups in total. The molecule has 0 saturated carbocycles. The smallest absolute Gasteiger partial charge is 0.330 e. The molecule has 17 heteroatoms. The number of esters is 1. The summed E-state index contributed by atoms with van der Waals surface area (Å²) in [5.41, 5.74) is 0.479. The number of aromatic nitrogens is 4. The second-order valence-electron chi connectivity index (χ2n) is 11.8. The van der Waals surface area contributed by atoms with Crippen molar-refractivity contribution in [2.24, 2.45) is 11.8 Å². The highest BCUT2D eigenvalue weighted by Crippen LogP contribution is 2.33.